The highest BCUT2D eigenvalue weighted by Crippen LogP contribution is 2.28. The number of amides is 2. The molecule has 3 rings (SSSR count). The largest absolute Gasteiger partial charge is 0.330 e. The number of benzene rings is 1. The van der Waals surface area contributed by atoms with Crippen LogP contribution < -0.4 is 0 Å². The highest BCUT2D eigenvalue weighted by Gasteiger charge is 2.40. The predicted molar refractivity (Wildman–Crippen MR) is 72.1 cm³/mol. The van der Waals surface area contributed by atoms with Gasteiger partial charge in [-0.05, 0) is 12.8 Å². The maximum atomic E-state index is 12.1. The summed E-state index contributed by atoms with van der Waals surface area (Å²) in [5.41, 5.74) is 0.567. The molecular formula is C15H16N2O3. The minimum atomic E-state index is -0.549. The third kappa shape index (κ3) is 2.43. The molecule has 2 fully saturated rings. The molecule has 0 radical (unpaired) electrons. The summed E-state index contributed by atoms with van der Waals surface area (Å²) in [5, 5.41) is 0. The van der Waals surface area contributed by atoms with Crippen molar-refractivity contribution in [2.75, 3.05) is 19.6 Å². The van der Waals surface area contributed by atoms with Crippen molar-refractivity contribution in [3.05, 3.63) is 35.9 Å². The number of carbonyl (C=O) groups excluding carboxylic acids is 3. The molecule has 1 saturated heterocycles. The van der Waals surface area contributed by atoms with Crippen molar-refractivity contribution in [1.29, 1.82) is 0 Å². The van der Waals surface area contributed by atoms with E-state index in [1.807, 2.05) is 6.07 Å². The Kier molecular flexibility index (Phi) is 3.26. The molecular weight excluding hydrogens is 256 g/mol. The van der Waals surface area contributed by atoms with Crippen molar-refractivity contribution in [1.82, 2.24) is 9.80 Å². The first-order valence-electron chi connectivity index (χ1n) is 6.85. The molecule has 0 N–H and O–H groups in total. The van der Waals surface area contributed by atoms with Crippen molar-refractivity contribution in [3.8, 4) is 0 Å². The van der Waals surface area contributed by atoms with E-state index < -0.39 is 11.8 Å². The Morgan fingerprint density at radius 3 is 2.40 bits per heavy atom. The molecule has 0 bridgehead atoms. The lowest BCUT2D eigenvalue weighted by atomic mass is 10.1. The molecule has 2 aliphatic rings. The van der Waals surface area contributed by atoms with Crippen molar-refractivity contribution >= 4 is 17.6 Å². The van der Waals surface area contributed by atoms with Crippen molar-refractivity contribution in [2.45, 2.75) is 18.9 Å². The fourth-order valence-corrected chi connectivity index (χ4v) is 2.46. The summed E-state index contributed by atoms with van der Waals surface area (Å²) in [6.45, 7) is 0.962. The van der Waals surface area contributed by atoms with Crippen molar-refractivity contribution in [3.63, 3.8) is 0 Å². The molecule has 0 aromatic heterocycles. The number of carbonyl (C=O) groups is 3. The quantitative estimate of drug-likeness (QED) is 0.599. The summed E-state index contributed by atoms with van der Waals surface area (Å²) in [5.74, 6) is -1.14. The van der Waals surface area contributed by atoms with E-state index in [9.17, 15) is 14.4 Å². The first kappa shape index (κ1) is 12.8. The molecule has 2 amide bonds. The zero-order valence-electron chi connectivity index (χ0n) is 11.1. The number of hydrogen-bond acceptors (Lipinski definition) is 3. The molecule has 1 aromatic carbocycles. The zero-order chi connectivity index (χ0) is 14.1. The second kappa shape index (κ2) is 5.07. The molecule has 1 heterocycles. The van der Waals surface area contributed by atoms with Crippen LogP contribution in [-0.2, 0) is 9.59 Å². The van der Waals surface area contributed by atoms with Gasteiger partial charge in [-0.3, -0.25) is 14.4 Å². The number of hydrogen-bond donors (Lipinski definition) is 0. The molecule has 5 nitrogen and oxygen atoms in total. The molecule has 1 saturated carbocycles. The van der Waals surface area contributed by atoms with Crippen LogP contribution in [0.4, 0.5) is 0 Å². The number of rotatable bonds is 4. The van der Waals surface area contributed by atoms with Gasteiger partial charge in [0, 0.05) is 24.7 Å². The lowest BCUT2D eigenvalue weighted by molar-refractivity contribution is -0.156. The summed E-state index contributed by atoms with van der Waals surface area (Å²) in [7, 11) is 0. The van der Waals surface area contributed by atoms with Gasteiger partial charge in [0.2, 0.25) is 0 Å². The summed E-state index contributed by atoms with van der Waals surface area (Å²) in [6.07, 6.45) is 1.98. The van der Waals surface area contributed by atoms with Gasteiger partial charge in [-0.15, -0.1) is 0 Å². The maximum Gasteiger partial charge on any atom is 0.312 e. The van der Waals surface area contributed by atoms with E-state index in [4.69, 9.17) is 0 Å². The van der Waals surface area contributed by atoms with Crippen LogP contribution in [0, 0.1) is 0 Å². The van der Waals surface area contributed by atoms with Crippen LogP contribution >= 0.6 is 0 Å². The number of piperazine rings is 1. The van der Waals surface area contributed by atoms with E-state index in [2.05, 4.69) is 0 Å². The van der Waals surface area contributed by atoms with E-state index in [0.29, 0.717) is 18.7 Å². The van der Waals surface area contributed by atoms with Crippen LogP contribution in [0.3, 0.4) is 0 Å². The lowest BCUT2D eigenvalue weighted by Gasteiger charge is -2.33. The highest BCUT2D eigenvalue weighted by molar-refractivity contribution is 6.36. The Morgan fingerprint density at radius 1 is 1.05 bits per heavy atom. The summed E-state index contributed by atoms with van der Waals surface area (Å²) in [4.78, 5) is 39.1. The standard InChI is InChI=1S/C15H16N2O3/c18-13(11-4-2-1-3-5-11)10-16-8-9-17(12-6-7-12)15(20)14(16)19/h1-5,12H,6-10H2. The van der Waals surface area contributed by atoms with Crippen LogP contribution in [0.15, 0.2) is 30.3 Å². The van der Waals surface area contributed by atoms with Crippen LogP contribution in [-0.4, -0.2) is 53.1 Å². The third-order valence-corrected chi connectivity index (χ3v) is 3.76. The van der Waals surface area contributed by atoms with Gasteiger partial charge in [0.25, 0.3) is 0 Å². The lowest BCUT2D eigenvalue weighted by Crippen LogP contribution is -2.56. The van der Waals surface area contributed by atoms with Gasteiger partial charge >= 0.3 is 11.8 Å². The Hall–Kier alpha value is -2.17. The minimum Gasteiger partial charge on any atom is -0.330 e. The maximum absolute atomic E-state index is 12.1. The van der Waals surface area contributed by atoms with Gasteiger partial charge in [0.05, 0.1) is 6.54 Å². The van der Waals surface area contributed by atoms with E-state index in [-0.39, 0.29) is 18.4 Å². The van der Waals surface area contributed by atoms with E-state index in [0.717, 1.165) is 12.8 Å². The third-order valence-electron chi connectivity index (χ3n) is 3.76. The van der Waals surface area contributed by atoms with E-state index >= 15 is 0 Å². The monoisotopic (exact) mass is 272 g/mol. The second-order valence-electron chi connectivity index (χ2n) is 5.25. The molecule has 1 aromatic rings. The number of ketones is 1. The molecule has 5 heteroatoms. The first-order valence-corrected chi connectivity index (χ1v) is 6.85. The van der Waals surface area contributed by atoms with Crippen LogP contribution in [0.2, 0.25) is 0 Å². The molecule has 1 aliphatic heterocycles. The van der Waals surface area contributed by atoms with Gasteiger partial charge < -0.3 is 9.80 Å². The highest BCUT2D eigenvalue weighted by atomic mass is 16.2. The minimum absolute atomic E-state index is 0.0207. The average molecular weight is 272 g/mol. The van der Waals surface area contributed by atoms with Crippen LogP contribution in [0.5, 0.6) is 0 Å². The molecule has 0 atom stereocenters. The first-order chi connectivity index (χ1) is 9.66. The van der Waals surface area contributed by atoms with Crippen molar-refractivity contribution < 1.29 is 14.4 Å². The van der Waals surface area contributed by atoms with Gasteiger partial charge in [-0.2, -0.15) is 0 Å². The Balaban J connectivity index is 1.65. The van der Waals surface area contributed by atoms with E-state index in [1.54, 1.807) is 29.2 Å². The van der Waals surface area contributed by atoms with Crippen LogP contribution in [0.1, 0.15) is 23.2 Å². The molecule has 104 valence electrons. The van der Waals surface area contributed by atoms with Crippen LogP contribution in [0.25, 0.3) is 0 Å². The fraction of sp³-hybridized carbons (Fsp3) is 0.400. The van der Waals surface area contributed by atoms with Gasteiger partial charge in [0.1, 0.15) is 0 Å². The smallest absolute Gasteiger partial charge is 0.312 e. The zero-order valence-corrected chi connectivity index (χ0v) is 11.1. The fourth-order valence-electron chi connectivity index (χ4n) is 2.46. The summed E-state index contributed by atoms with van der Waals surface area (Å²) >= 11 is 0. The molecule has 20 heavy (non-hydrogen) atoms. The Bertz CT molecular complexity index is 551. The SMILES string of the molecule is O=C(CN1CCN(C2CC2)C(=O)C1=O)c1ccccc1. The molecule has 0 spiro atoms. The Labute approximate surface area is 117 Å². The second-order valence-corrected chi connectivity index (χ2v) is 5.25. The van der Waals surface area contributed by atoms with Gasteiger partial charge in [0.15, 0.2) is 5.78 Å². The summed E-state index contributed by atoms with van der Waals surface area (Å²) < 4.78 is 0. The average Bonchev–Trinajstić information content (AvgIpc) is 3.29. The number of nitrogens with zero attached hydrogens (tertiary/aromatic N) is 2. The summed E-state index contributed by atoms with van der Waals surface area (Å²) in [6, 6.07) is 9.08. The number of Topliss-reactive ketones (excluding diaryl/α,β-unsaturated/α-hetero) is 1. The normalized spacial score (nSPS) is 19.4. The van der Waals surface area contributed by atoms with E-state index in [1.165, 1.54) is 4.90 Å². The molecule has 1 aliphatic carbocycles. The van der Waals surface area contributed by atoms with Gasteiger partial charge in [-0.1, -0.05) is 30.3 Å². The molecule has 0 unspecified atom stereocenters. The predicted octanol–water partition coefficient (Wildman–Crippen LogP) is 0.702. The van der Waals surface area contributed by atoms with Crippen molar-refractivity contribution in [2.24, 2.45) is 0 Å². The van der Waals surface area contributed by atoms with Gasteiger partial charge in [-0.25, -0.2) is 0 Å². The Morgan fingerprint density at radius 2 is 1.75 bits per heavy atom. The topological polar surface area (TPSA) is 57.7 Å².